The molecule has 2 heterocycles. The lowest BCUT2D eigenvalue weighted by molar-refractivity contribution is 0.236. The van der Waals surface area contributed by atoms with Crippen LogP contribution in [0.1, 0.15) is 12.5 Å². The quantitative estimate of drug-likeness (QED) is 0.700. The molecule has 0 aliphatic heterocycles. The summed E-state index contributed by atoms with van der Waals surface area (Å²) in [6.45, 7) is 8.22. The molecule has 0 spiro atoms. The Morgan fingerprint density at radius 3 is 2.71 bits per heavy atom. The van der Waals surface area contributed by atoms with Crippen LogP contribution in [0.3, 0.4) is 0 Å². The minimum atomic E-state index is 0.409. The van der Waals surface area contributed by atoms with Crippen LogP contribution in [0.2, 0.25) is 0 Å². The predicted molar refractivity (Wildman–Crippen MR) is 96.3 cm³/mol. The van der Waals surface area contributed by atoms with Crippen LogP contribution in [0.25, 0.3) is 22.4 Å². The van der Waals surface area contributed by atoms with Crippen molar-refractivity contribution in [2.24, 2.45) is 0 Å². The van der Waals surface area contributed by atoms with Gasteiger partial charge in [0.05, 0.1) is 24.2 Å². The van der Waals surface area contributed by atoms with Gasteiger partial charge in [0.1, 0.15) is 11.3 Å². The number of ether oxygens (including phenoxy) is 1. The number of nitrogens with one attached hydrogen (secondary N) is 1. The number of nitrogens with zero attached hydrogens (tertiary/aromatic N) is 3. The fraction of sp³-hybridized carbons (Fsp3) is 0.167. The van der Waals surface area contributed by atoms with Gasteiger partial charge in [-0.3, -0.25) is 0 Å². The number of aryl methyl sites for hydroxylation is 1. The minimum absolute atomic E-state index is 0.409. The summed E-state index contributed by atoms with van der Waals surface area (Å²) >= 11 is 0. The molecule has 0 fully saturated rings. The van der Waals surface area contributed by atoms with Crippen LogP contribution in [0.15, 0.2) is 49.0 Å². The lowest BCUT2D eigenvalue weighted by atomic mass is 10.1. The molecule has 1 aromatic carbocycles. The van der Waals surface area contributed by atoms with Gasteiger partial charge in [0, 0.05) is 11.6 Å². The van der Waals surface area contributed by atoms with Crippen LogP contribution < -0.4 is 11.1 Å². The van der Waals surface area contributed by atoms with E-state index in [4.69, 9.17) is 10.5 Å². The topological polar surface area (TPSA) is 86.0 Å². The van der Waals surface area contributed by atoms with Gasteiger partial charge in [-0.05, 0) is 20.4 Å². The first-order chi connectivity index (χ1) is 11.6. The largest absolute Gasteiger partial charge is 0.480 e. The van der Waals surface area contributed by atoms with Gasteiger partial charge in [-0.15, -0.1) is 0 Å². The molecule has 0 amide bonds. The van der Waals surface area contributed by atoms with E-state index in [0.29, 0.717) is 35.2 Å². The molecule has 0 saturated heterocycles. The highest BCUT2D eigenvalue weighted by Crippen LogP contribution is 2.24. The number of anilines is 2. The molecule has 6 nitrogen and oxygen atoms in total. The summed E-state index contributed by atoms with van der Waals surface area (Å²) in [5.41, 5.74) is 10.5. The summed E-state index contributed by atoms with van der Waals surface area (Å²) in [6.07, 6.45) is 1.71. The van der Waals surface area contributed by atoms with Gasteiger partial charge in [0.2, 0.25) is 0 Å². The molecule has 3 N–H and O–H groups in total. The number of aromatic nitrogens is 3. The SMILES string of the molecule is C=C(Nc1cc(N)c2ncc(-c3ccc(C)cc3)nc2n1)OCC. The first kappa shape index (κ1) is 15.7. The Labute approximate surface area is 140 Å². The van der Waals surface area contributed by atoms with Crippen LogP contribution in [0.5, 0.6) is 0 Å². The number of hydrogen-bond donors (Lipinski definition) is 2. The third kappa shape index (κ3) is 3.27. The van der Waals surface area contributed by atoms with Gasteiger partial charge < -0.3 is 15.8 Å². The molecule has 0 unspecified atom stereocenters. The highest BCUT2D eigenvalue weighted by molar-refractivity contribution is 5.87. The molecule has 3 aromatic rings. The normalized spacial score (nSPS) is 10.6. The minimum Gasteiger partial charge on any atom is -0.480 e. The molecule has 24 heavy (non-hydrogen) atoms. The van der Waals surface area contributed by atoms with Crippen LogP contribution in [0.4, 0.5) is 11.5 Å². The molecule has 0 aliphatic carbocycles. The number of rotatable bonds is 5. The fourth-order valence-electron chi connectivity index (χ4n) is 2.30. The number of benzene rings is 1. The number of nitrogens with two attached hydrogens (primary N) is 1. The average Bonchev–Trinajstić information content (AvgIpc) is 2.55. The maximum atomic E-state index is 6.06. The van der Waals surface area contributed by atoms with Crippen LogP contribution in [-0.2, 0) is 4.74 Å². The summed E-state index contributed by atoms with van der Waals surface area (Å²) in [5.74, 6) is 0.931. The lowest BCUT2D eigenvalue weighted by Crippen LogP contribution is -2.06. The first-order valence-electron chi connectivity index (χ1n) is 7.66. The van der Waals surface area contributed by atoms with Crippen molar-refractivity contribution < 1.29 is 4.74 Å². The number of hydrogen-bond acceptors (Lipinski definition) is 6. The van der Waals surface area contributed by atoms with Gasteiger partial charge in [-0.2, -0.15) is 0 Å². The van der Waals surface area contributed by atoms with E-state index in [-0.39, 0.29) is 0 Å². The van der Waals surface area contributed by atoms with Crippen molar-refractivity contribution in [3.63, 3.8) is 0 Å². The molecular formula is C18H19N5O. The Balaban J connectivity index is 2.01. The number of pyridine rings is 1. The zero-order valence-corrected chi connectivity index (χ0v) is 13.7. The van der Waals surface area contributed by atoms with E-state index in [1.165, 1.54) is 5.56 Å². The van der Waals surface area contributed by atoms with E-state index < -0.39 is 0 Å². The van der Waals surface area contributed by atoms with Crippen molar-refractivity contribution in [3.05, 3.63) is 54.6 Å². The molecule has 0 radical (unpaired) electrons. The van der Waals surface area contributed by atoms with E-state index >= 15 is 0 Å². The third-order valence-corrected chi connectivity index (χ3v) is 3.48. The summed E-state index contributed by atoms with van der Waals surface area (Å²) in [4.78, 5) is 13.4. The van der Waals surface area contributed by atoms with E-state index in [0.717, 1.165) is 11.3 Å². The van der Waals surface area contributed by atoms with Crippen LogP contribution >= 0.6 is 0 Å². The second-order valence-electron chi connectivity index (χ2n) is 5.37. The van der Waals surface area contributed by atoms with Crippen molar-refractivity contribution in [3.8, 4) is 11.3 Å². The number of fused-ring (bicyclic) bond motifs is 1. The van der Waals surface area contributed by atoms with E-state index in [2.05, 4.69) is 26.8 Å². The zero-order chi connectivity index (χ0) is 17.1. The zero-order valence-electron chi connectivity index (χ0n) is 13.7. The third-order valence-electron chi connectivity index (χ3n) is 3.48. The van der Waals surface area contributed by atoms with E-state index in [9.17, 15) is 0 Å². The molecule has 122 valence electrons. The smallest absolute Gasteiger partial charge is 0.184 e. The Morgan fingerprint density at radius 2 is 2.00 bits per heavy atom. The maximum Gasteiger partial charge on any atom is 0.184 e. The van der Waals surface area contributed by atoms with Crippen molar-refractivity contribution >= 4 is 22.7 Å². The molecule has 6 heteroatoms. The summed E-state index contributed by atoms with van der Waals surface area (Å²) in [6, 6.07) is 9.77. The predicted octanol–water partition coefficient (Wildman–Crippen LogP) is 3.50. The number of nitrogen functional groups attached to an aromatic ring is 1. The van der Waals surface area contributed by atoms with Gasteiger partial charge >= 0.3 is 0 Å². The van der Waals surface area contributed by atoms with Crippen LogP contribution in [-0.4, -0.2) is 21.6 Å². The summed E-state index contributed by atoms with van der Waals surface area (Å²) in [5, 5.41) is 2.97. The molecule has 0 bridgehead atoms. The monoisotopic (exact) mass is 321 g/mol. The first-order valence-corrected chi connectivity index (χ1v) is 7.66. The van der Waals surface area contributed by atoms with Gasteiger partial charge in [-0.25, -0.2) is 15.0 Å². The second-order valence-corrected chi connectivity index (χ2v) is 5.37. The lowest BCUT2D eigenvalue weighted by Gasteiger charge is -2.11. The Hall–Kier alpha value is -3.15. The Bertz CT molecular complexity index is 890. The van der Waals surface area contributed by atoms with E-state index in [1.807, 2.05) is 38.1 Å². The fourth-order valence-corrected chi connectivity index (χ4v) is 2.30. The molecule has 0 aliphatic rings. The Morgan fingerprint density at radius 1 is 1.25 bits per heavy atom. The van der Waals surface area contributed by atoms with Crippen molar-refractivity contribution in [1.82, 2.24) is 15.0 Å². The maximum absolute atomic E-state index is 6.06. The van der Waals surface area contributed by atoms with Gasteiger partial charge in [0.25, 0.3) is 0 Å². The van der Waals surface area contributed by atoms with Crippen molar-refractivity contribution in [2.45, 2.75) is 13.8 Å². The molecular weight excluding hydrogens is 302 g/mol. The average molecular weight is 321 g/mol. The Kier molecular flexibility index (Phi) is 4.29. The van der Waals surface area contributed by atoms with Crippen molar-refractivity contribution in [1.29, 1.82) is 0 Å². The molecule has 3 rings (SSSR count). The standard InChI is InChI=1S/C18H19N5O/c1-4-24-12(3)21-16-9-14(19)17-18(23-16)22-15(10-20-17)13-7-5-11(2)6-8-13/h5-10H,3-4H2,1-2H3,(H3,19,21,22,23). The highest BCUT2D eigenvalue weighted by atomic mass is 16.5. The van der Waals surface area contributed by atoms with Gasteiger partial charge in [0.15, 0.2) is 11.5 Å². The van der Waals surface area contributed by atoms with Crippen molar-refractivity contribution in [2.75, 3.05) is 17.7 Å². The highest BCUT2D eigenvalue weighted by Gasteiger charge is 2.09. The summed E-state index contributed by atoms with van der Waals surface area (Å²) in [7, 11) is 0. The molecule has 0 saturated carbocycles. The molecule has 0 atom stereocenters. The molecule has 2 aromatic heterocycles. The van der Waals surface area contributed by atoms with Gasteiger partial charge in [-0.1, -0.05) is 29.8 Å². The second kappa shape index (κ2) is 6.54. The summed E-state index contributed by atoms with van der Waals surface area (Å²) < 4.78 is 5.28. The van der Waals surface area contributed by atoms with Crippen LogP contribution in [0, 0.1) is 6.92 Å². The van der Waals surface area contributed by atoms with E-state index in [1.54, 1.807) is 12.3 Å².